The maximum Gasteiger partial charge on any atom is 0.410 e. The standard InChI is InChI=1S/C33H37N5O4/c1-33(2,3)42-32(39)38-20-18-37(19-21-38)31-34-17-16-28(35-31)22-27-14-15-29(40-23-25-10-6-4-7-11-25)36-30(27)41-24-26-12-8-5-9-13-26/h4-17H,18-24H2,1-3H3. The molecule has 1 aliphatic heterocycles. The Hall–Kier alpha value is -4.66. The fraction of sp³-hybridized carbons (Fsp3) is 0.333. The van der Waals surface area contributed by atoms with Crippen molar-refractivity contribution >= 4 is 12.0 Å². The van der Waals surface area contributed by atoms with Crippen molar-refractivity contribution in [1.29, 1.82) is 0 Å². The van der Waals surface area contributed by atoms with Crippen LogP contribution in [0.15, 0.2) is 85.1 Å². The molecular weight excluding hydrogens is 530 g/mol. The van der Waals surface area contributed by atoms with Gasteiger partial charge in [0, 0.05) is 50.4 Å². The number of carbonyl (C=O) groups excluding carboxylic acids is 1. The number of ether oxygens (including phenoxy) is 3. The second kappa shape index (κ2) is 13.3. The normalized spacial score (nSPS) is 13.5. The number of amides is 1. The van der Waals surface area contributed by atoms with E-state index in [-0.39, 0.29) is 6.09 Å². The zero-order valence-electron chi connectivity index (χ0n) is 24.4. The first-order valence-corrected chi connectivity index (χ1v) is 14.2. The van der Waals surface area contributed by atoms with Gasteiger partial charge in [-0.3, -0.25) is 0 Å². The molecule has 0 N–H and O–H groups in total. The first-order valence-electron chi connectivity index (χ1n) is 14.2. The van der Waals surface area contributed by atoms with Crippen LogP contribution in [-0.4, -0.2) is 57.7 Å². The Balaban J connectivity index is 1.27. The molecule has 1 saturated heterocycles. The van der Waals surface area contributed by atoms with Gasteiger partial charge in [0.25, 0.3) is 0 Å². The topological polar surface area (TPSA) is 89.9 Å². The highest BCUT2D eigenvalue weighted by molar-refractivity contribution is 5.68. The van der Waals surface area contributed by atoms with Gasteiger partial charge in [-0.15, -0.1) is 0 Å². The van der Waals surface area contributed by atoms with E-state index >= 15 is 0 Å². The minimum Gasteiger partial charge on any atom is -0.473 e. The Bertz CT molecular complexity index is 1450. The lowest BCUT2D eigenvalue weighted by Crippen LogP contribution is -2.50. The Morgan fingerprint density at radius 3 is 2.07 bits per heavy atom. The molecule has 1 fully saturated rings. The van der Waals surface area contributed by atoms with Crippen molar-refractivity contribution < 1.29 is 19.0 Å². The number of pyridine rings is 1. The molecule has 0 aliphatic carbocycles. The van der Waals surface area contributed by atoms with E-state index in [4.69, 9.17) is 24.2 Å². The zero-order valence-corrected chi connectivity index (χ0v) is 24.4. The summed E-state index contributed by atoms with van der Waals surface area (Å²) in [5, 5.41) is 0. The molecule has 2 aromatic heterocycles. The van der Waals surface area contributed by atoms with Gasteiger partial charge < -0.3 is 24.0 Å². The second-order valence-corrected chi connectivity index (χ2v) is 11.1. The summed E-state index contributed by atoms with van der Waals surface area (Å²) in [7, 11) is 0. The maximum absolute atomic E-state index is 12.5. The predicted molar refractivity (Wildman–Crippen MR) is 161 cm³/mol. The van der Waals surface area contributed by atoms with Crippen LogP contribution in [0.5, 0.6) is 11.8 Å². The molecule has 42 heavy (non-hydrogen) atoms. The van der Waals surface area contributed by atoms with Gasteiger partial charge in [-0.05, 0) is 44.0 Å². The summed E-state index contributed by atoms with van der Waals surface area (Å²) >= 11 is 0. The monoisotopic (exact) mass is 567 g/mol. The lowest BCUT2D eigenvalue weighted by Gasteiger charge is -2.35. The average Bonchev–Trinajstić information content (AvgIpc) is 3.00. The average molecular weight is 568 g/mol. The highest BCUT2D eigenvalue weighted by atomic mass is 16.6. The molecule has 218 valence electrons. The molecule has 1 aliphatic rings. The van der Waals surface area contributed by atoms with Gasteiger partial charge >= 0.3 is 6.09 Å². The van der Waals surface area contributed by atoms with Crippen molar-refractivity contribution in [2.24, 2.45) is 0 Å². The third-order valence-electron chi connectivity index (χ3n) is 6.65. The second-order valence-electron chi connectivity index (χ2n) is 11.1. The Morgan fingerprint density at radius 2 is 1.43 bits per heavy atom. The molecule has 3 heterocycles. The number of carbonyl (C=O) groups is 1. The number of benzene rings is 2. The molecule has 0 atom stereocenters. The molecule has 9 heteroatoms. The van der Waals surface area contributed by atoms with Crippen LogP contribution in [-0.2, 0) is 24.4 Å². The fourth-order valence-corrected chi connectivity index (χ4v) is 4.50. The first-order chi connectivity index (χ1) is 20.3. The van der Waals surface area contributed by atoms with Crippen LogP contribution in [0.2, 0.25) is 0 Å². The number of anilines is 1. The quantitative estimate of drug-likeness (QED) is 0.255. The van der Waals surface area contributed by atoms with Gasteiger partial charge in [0.15, 0.2) is 0 Å². The molecule has 0 unspecified atom stereocenters. The fourth-order valence-electron chi connectivity index (χ4n) is 4.50. The summed E-state index contributed by atoms with van der Waals surface area (Å²) in [6.07, 6.45) is 2.00. The molecule has 0 bridgehead atoms. The molecule has 4 aromatic rings. The summed E-state index contributed by atoms with van der Waals surface area (Å²) in [5.74, 6) is 1.64. The van der Waals surface area contributed by atoms with Gasteiger partial charge in [-0.2, -0.15) is 4.98 Å². The highest BCUT2D eigenvalue weighted by Gasteiger charge is 2.27. The molecule has 5 rings (SSSR count). The minimum atomic E-state index is -0.517. The molecule has 9 nitrogen and oxygen atoms in total. The van der Waals surface area contributed by atoms with Crippen molar-refractivity contribution in [2.45, 2.75) is 46.0 Å². The zero-order chi connectivity index (χ0) is 29.4. The van der Waals surface area contributed by atoms with Crippen molar-refractivity contribution in [3.63, 3.8) is 0 Å². The van der Waals surface area contributed by atoms with Crippen molar-refractivity contribution in [3.8, 4) is 11.8 Å². The molecule has 1 amide bonds. The van der Waals surface area contributed by atoms with Crippen LogP contribution in [0.25, 0.3) is 0 Å². The van der Waals surface area contributed by atoms with Gasteiger partial charge in [0.2, 0.25) is 17.7 Å². The third kappa shape index (κ3) is 8.19. The Morgan fingerprint density at radius 1 is 0.786 bits per heavy atom. The van der Waals surface area contributed by atoms with Crippen LogP contribution in [0.4, 0.5) is 10.7 Å². The van der Waals surface area contributed by atoms with Crippen molar-refractivity contribution in [3.05, 3.63) is 107 Å². The maximum atomic E-state index is 12.5. The Kier molecular flexibility index (Phi) is 9.16. The molecule has 0 spiro atoms. The highest BCUT2D eigenvalue weighted by Crippen LogP contribution is 2.25. The Labute approximate surface area is 247 Å². The summed E-state index contributed by atoms with van der Waals surface area (Å²) in [4.78, 5) is 30.3. The van der Waals surface area contributed by atoms with Gasteiger partial charge in [-0.25, -0.2) is 14.8 Å². The van der Waals surface area contributed by atoms with Crippen LogP contribution < -0.4 is 14.4 Å². The number of piperazine rings is 1. The summed E-state index contributed by atoms with van der Waals surface area (Å²) < 4.78 is 17.7. The summed E-state index contributed by atoms with van der Waals surface area (Å²) in [5.41, 5.74) is 3.35. The number of nitrogens with zero attached hydrogens (tertiary/aromatic N) is 5. The molecule has 0 saturated carbocycles. The third-order valence-corrected chi connectivity index (χ3v) is 6.65. The SMILES string of the molecule is CC(C)(C)OC(=O)N1CCN(c2nccc(Cc3ccc(OCc4ccccc4)nc3OCc3ccccc3)n2)CC1. The van der Waals surface area contributed by atoms with E-state index in [2.05, 4.69) is 9.88 Å². The first kappa shape index (κ1) is 28.9. The van der Waals surface area contributed by atoms with Crippen molar-refractivity contribution in [1.82, 2.24) is 19.9 Å². The van der Waals surface area contributed by atoms with Crippen LogP contribution in [0.1, 0.15) is 43.2 Å². The number of hydrogen-bond donors (Lipinski definition) is 0. The molecule has 0 radical (unpaired) electrons. The van der Waals surface area contributed by atoms with E-state index < -0.39 is 5.60 Å². The van der Waals surface area contributed by atoms with Gasteiger partial charge in [-0.1, -0.05) is 60.7 Å². The smallest absolute Gasteiger partial charge is 0.410 e. The minimum absolute atomic E-state index is 0.288. The van der Waals surface area contributed by atoms with Gasteiger partial charge in [0.05, 0.1) is 5.69 Å². The van der Waals surface area contributed by atoms with Crippen LogP contribution >= 0.6 is 0 Å². The molecule has 2 aromatic carbocycles. The van der Waals surface area contributed by atoms with E-state index in [1.807, 2.05) is 99.6 Å². The van der Waals surface area contributed by atoms with E-state index in [9.17, 15) is 4.79 Å². The van der Waals surface area contributed by atoms with E-state index in [1.54, 1.807) is 11.1 Å². The van der Waals surface area contributed by atoms with E-state index in [1.165, 1.54) is 0 Å². The van der Waals surface area contributed by atoms with Crippen LogP contribution in [0.3, 0.4) is 0 Å². The van der Waals surface area contributed by atoms with Gasteiger partial charge in [0.1, 0.15) is 18.8 Å². The lowest BCUT2D eigenvalue weighted by molar-refractivity contribution is 0.0240. The molecular formula is C33H37N5O4. The lowest BCUT2D eigenvalue weighted by atomic mass is 10.1. The number of hydrogen-bond acceptors (Lipinski definition) is 8. The summed E-state index contributed by atoms with van der Waals surface area (Å²) in [6.45, 7) is 8.79. The largest absolute Gasteiger partial charge is 0.473 e. The predicted octanol–water partition coefficient (Wildman–Crippen LogP) is 5.68. The van der Waals surface area contributed by atoms with Crippen molar-refractivity contribution in [2.75, 3.05) is 31.1 Å². The number of aromatic nitrogens is 3. The number of rotatable bonds is 9. The van der Waals surface area contributed by atoms with E-state index in [0.29, 0.717) is 63.5 Å². The summed E-state index contributed by atoms with van der Waals surface area (Å²) in [6, 6.07) is 25.7. The van der Waals surface area contributed by atoms with E-state index in [0.717, 1.165) is 22.4 Å². The van der Waals surface area contributed by atoms with Crippen LogP contribution in [0, 0.1) is 0 Å².